The zero-order valence-electron chi connectivity index (χ0n) is 7.95. The van der Waals surface area contributed by atoms with Crippen LogP contribution in [0.5, 0.6) is 0 Å². The van der Waals surface area contributed by atoms with E-state index in [1.165, 1.54) is 0 Å². The molecule has 1 aromatic carbocycles. The van der Waals surface area contributed by atoms with Crippen molar-refractivity contribution in [3.8, 4) is 0 Å². The molecule has 0 bridgehead atoms. The maximum absolute atomic E-state index is 13.0. The molecule has 0 heterocycles. The second-order valence-electron chi connectivity index (χ2n) is 3.10. The molecule has 88 valence electrons. The van der Waals surface area contributed by atoms with Crippen molar-refractivity contribution in [2.24, 2.45) is 5.73 Å². The zero-order valence-corrected chi connectivity index (χ0v) is 7.95. The third-order valence-corrected chi connectivity index (χ3v) is 1.87. The second-order valence-corrected chi connectivity index (χ2v) is 3.10. The van der Waals surface area contributed by atoms with Gasteiger partial charge in [-0.25, -0.2) is 22.0 Å². The van der Waals surface area contributed by atoms with Crippen molar-refractivity contribution in [1.82, 2.24) is 0 Å². The summed E-state index contributed by atoms with van der Waals surface area (Å²) in [6, 6.07) is -1.37. The van der Waals surface area contributed by atoms with E-state index in [2.05, 4.69) is 0 Å². The number of halogens is 5. The molecule has 1 rings (SSSR count). The van der Waals surface area contributed by atoms with Gasteiger partial charge in [0.1, 0.15) is 0 Å². The Morgan fingerprint density at radius 3 is 1.56 bits per heavy atom. The highest BCUT2D eigenvalue weighted by Gasteiger charge is 2.30. The van der Waals surface area contributed by atoms with Crippen LogP contribution < -0.4 is 5.73 Å². The Kier molecular flexibility index (Phi) is 3.27. The number of benzene rings is 1. The molecule has 0 spiro atoms. The smallest absolute Gasteiger partial charge is 0.200 e. The van der Waals surface area contributed by atoms with Gasteiger partial charge in [0.05, 0.1) is 11.6 Å². The van der Waals surface area contributed by atoms with E-state index < -0.39 is 46.5 Å². The maximum atomic E-state index is 13.0. The van der Waals surface area contributed by atoms with Crippen molar-refractivity contribution in [2.45, 2.75) is 13.0 Å². The van der Waals surface area contributed by atoms with E-state index in [1.54, 1.807) is 0 Å². The van der Waals surface area contributed by atoms with Gasteiger partial charge < -0.3 is 5.73 Å². The van der Waals surface area contributed by atoms with E-state index in [4.69, 9.17) is 5.73 Å². The van der Waals surface area contributed by atoms with Crippen LogP contribution in [-0.2, 0) is 0 Å². The number of hydrogen-bond acceptors (Lipinski definition) is 2. The normalized spacial score (nSPS) is 12.7. The van der Waals surface area contributed by atoms with Crippen molar-refractivity contribution in [3.05, 3.63) is 34.6 Å². The van der Waals surface area contributed by atoms with Crippen LogP contribution in [0.15, 0.2) is 0 Å². The number of nitrogens with two attached hydrogens (primary N) is 1. The van der Waals surface area contributed by atoms with Crippen molar-refractivity contribution in [3.63, 3.8) is 0 Å². The first-order valence-corrected chi connectivity index (χ1v) is 4.10. The van der Waals surface area contributed by atoms with Crippen LogP contribution in [0, 0.1) is 29.1 Å². The molecular weight excluding hydrogens is 233 g/mol. The van der Waals surface area contributed by atoms with Gasteiger partial charge in [0.25, 0.3) is 0 Å². The summed E-state index contributed by atoms with van der Waals surface area (Å²) in [5.74, 6) is -12.3. The fraction of sp³-hybridized carbons (Fsp3) is 0.222. The van der Waals surface area contributed by atoms with Gasteiger partial charge >= 0.3 is 0 Å². The summed E-state index contributed by atoms with van der Waals surface area (Å²) < 4.78 is 64.0. The molecule has 0 aromatic heterocycles. The average Bonchev–Trinajstić information content (AvgIpc) is 2.23. The van der Waals surface area contributed by atoms with Crippen LogP contribution >= 0.6 is 0 Å². The van der Waals surface area contributed by atoms with Gasteiger partial charge in [-0.2, -0.15) is 0 Å². The number of ketones is 1. The highest BCUT2D eigenvalue weighted by atomic mass is 19.2. The standard InChI is InChI=1S/C9H6F5NO/c1-2(15)9(16)3-4(10)6(12)8(14)7(13)5(3)11/h2H,15H2,1H3. The molecule has 0 aliphatic heterocycles. The lowest BCUT2D eigenvalue weighted by molar-refractivity contribution is 0.0956. The Balaban J connectivity index is 3.58. The van der Waals surface area contributed by atoms with Crippen molar-refractivity contribution in [1.29, 1.82) is 0 Å². The Morgan fingerprint density at radius 1 is 0.938 bits per heavy atom. The third-order valence-electron chi connectivity index (χ3n) is 1.87. The van der Waals surface area contributed by atoms with Crippen LogP contribution in [0.25, 0.3) is 0 Å². The SMILES string of the molecule is CC(N)C(=O)c1c(F)c(F)c(F)c(F)c1F. The molecule has 0 fully saturated rings. The van der Waals surface area contributed by atoms with E-state index in [0.717, 1.165) is 6.92 Å². The van der Waals surface area contributed by atoms with Crippen LogP contribution in [-0.4, -0.2) is 11.8 Å². The average molecular weight is 239 g/mol. The van der Waals surface area contributed by atoms with E-state index in [-0.39, 0.29) is 0 Å². The lowest BCUT2D eigenvalue weighted by atomic mass is 10.0. The summed E-state index contributed by atoms with van der Waals surface area (Å²) in [6.07, 6.45) is 0. The quantitative estimate of drug-likeness (QED) is 0.371. The van der Waals surface area contributed by atoms with Crippen molar-refractivity contribution >= 4 is 5.78 Å². The Hall–Kier alpha value is -1.50. The minimum absolute atomic E-state index is 1.07. The molecule has 0 saturated heterocycles. The molecule has 0 amide bonds. The van der Waals surface area contributed by atoms with Gasteiger partial charge in [-0.15, -0.1) is 0 Å². The largest absolute Gasteiger partial charge is 0.321 e. The maximum Gasteiger partial charge on any atom is 0.200 e. The predicted molar refractivity (Wildman–Crippen MR) is 44.2 cm³/mol. The Labute approximate surface area is 86.9 Å². The van der Waals surface area contributed by atoms with Crippen molar-refractivity contribution < 1.29 is 26.7 Å². The molecule has 1 unspecified atom stereocenters. The molecule has 0 aliphatic carbocycles. The molecule has 1 aromatic rings. The Bertz CT molecular complexity index is 429. The molecule has 0 aliphatic rings. The summed E-state index contributed by atoms with van der Waals surface area (Å²) in [5.41, 5.74) is 3.51. The fourth-order valence-electron chi connectivity index (χ4n) is 1.05. The summed E-state index contributed by atoms with van der Waals surface area (Å²) in [5, 5.41) is 0. The number of carbonyl (C=O) groups excluding carboxylic acids is 1. The monoisotopic (exact) mass is 239 g/mol. The lowest BCUT2D eigenvalue weighted by Gasteiger charge is -2.08. The molecule has 2 N–H and O–H groups in total. The summed E-state index contributed by atoms with van der Waals surface area (Å²) in [4.78, 5) is 11.1. The van der Waals surface area contributed by atoms with Gasteiger partial charge in [0.2, 0.25) is 5.82 Å². The van der Waals surface area contributed by atoms with Gasteiger partial charge in [0, 0.05) is 0 Å². The van der Waals surface area contributed by atoms with E-state index >= 15 is 0 Å². The molecular formula is C9H6F5NO. The molecule has 7 heteroatoms. The fourth-order valence-corrected chi connectivity index (χ4v) is 1.05. The highest BCUT2D eigenvalue weighted by Crippen LogP contribution is 2.23. The molecule has 0 saturated carbocycles. The minimum Gasteiger partial charge on any atom is -0.321 e. The summed E-state index contributed by atoms with van der Waals surface area (Å²) in [7, 11) is 0. The van der Waals surface area contributed by atoms with Crippen molar-refractivity contribution in [2.75, 3.05) is 0 Å². The number of hydrogen-bond donors (Lipinski definition) is 1. The first kappa shape index (κ1) is 12.6. The first-order chi connectivity index (χ1) is 7.29. The topological polar surface area (TPSA) is 43.1 Å². The van der Waals surface area contributed by atoms with Crippen LogP contribution in [0.1, 0.15) is 17.3 Å². The number of carbonyl (C=O) groups is 1. The first-order valence-electron chi connectivity index (χ1n) is 4.10. The highest BCUT2D eigenvalue weighted by molar-refractivity contribution is 6.00. The number of rotatable bonds is 2. The van der Waals surface area contributed by atoms with Gasteiger partial charge in [0.15, 0.2) is 29.1 Å². The number of Topliss-reactive ketones (excluding diaryl/α,β-unsaturated/α-hetero) is 1. The molecule has 2 nitrogen and oxygen atoms in total. The van der Waals surface area contributed by atoms with Crippen LogP contribution in [0.2, 0.25) is 0 Å². The van der Waals surface area contributed by atoms with Gasteiger partial charge in [-0.3, -0.25) is 4.79 Å². The summed E-state index contributed by atoms with van der Waals surface area (Å²) in [6.45, 7) is 1.07. The van der Waals surface area contributed by atoms with E-state index in [0.29, 0.717) is 0 Å². The van der Waals surface area contributed by atoms with E-state index in [1.807, 2.05) is 0 Å². The molecule has 1 atom stereocenters. The predicted octanol–water partition coefficient (Wildman–Crippen LogP) is 1.91. The van der Waals surface area contributed by atoms with Crippen LogP contribution in [0.4, 0.5) is 22.0 Å². The molecule has 0 radical (unpaired) electrons. The van der Waals surface area contributed by atoms with Crippen LogP contribution in [0.3, 0.4) is 0 Å². The lowest BCUT2D eigenvalue weighted by Crippen LogP contribution is -2.29. The summed E-state index contributed by atoms with van der Waals surface area (Å²) >= 11 is 0. The second kappa shape index (κ2) is 4.17. The zero-order chi connectivity index (χ0) is 12.6. The van der Waals surface area contributed by atoms with Gasteiger partial charge in [-0.05, 0) is 6.92 Å². The van der Waals surface area contributed by atoms with Gasteiger partial charge in [-0.1, -0.05) is 0 Å². The third kappa shape index (κ3) is 1.78. The Morgan fingerprint density at radius 2 is 1.25 bits per heavy atom. The molecule has 16 heavy (non-hydrogen) atoms. The minimum atomic E-state index is -2.31. The van der Waals surface area contributed by atoms with E-state index in [9.17, 15) is 26.7 Å².